The van der Waals surface area contributed by atoms with E-state index in [0.717, 1.165) is 132 Å². The van der Waals surface area contributed by atoms with Gasteiger partial charge in [-0.2, -0.15) is 26.3 Å². The molecule has 2 saturated heterocycles. The number of aromatic nitrogens is 4. The molecule has 0 radical (unpaired) electrons. The number of aryl methyl sites for hydroxylation is 2. The van der Waals surface area contributed by atoms with E-state index in [4.69, 9.17) is 8.83 Å². The molecule has 2 aromatic carbocycles. The molecule has 0 spiro atoms. The number of alkyl halides is 6. The Hall–Kier alpha value is -3.57. The topological polar surface area (TPSA) is 149 Å². The van der Waals surface area contributed by atoms with Gasteiger partial charge in [-0.15, -0.1) is 59.5 Å². The van der Waals surface area contributed by atoms with Crippen LogP contribution in [0.1, 0.15) is 22.5 Å². The van der Waals surface area contributed by atoms with E-state index in [1.54, 1.807) is 23.5 Å². The zero-order valence-corrected chi connectivity index (χ0v) is 47.6. The van der Waals surface area contributed by atoms with Crippen molar-refractivity contribution in [2.75, 3.05) is 126 Å². The lowest BCUT2D eigenvalue weighted by atomic mass is 10.2. The minimum Gasteiger partial charge on any atom is -0.431 e. The highest BCUT2D eigenvalue weighted by molar-refractivity contribution is 8.00. The summed E-state index contributed by atoms with van der Waals surface area (Å²) < 4.78 is 88.6. The Morgan fingerprint density at radius 1 is 0.547 bits per heavy atom. The Kier molecular flexibility index (Phi) is 22.5. The predicted molar refractivity (Wildman–Crippen MR) is 295 cm³/mol. The molecule has 2 amide bonds. The first kappa shape index (κ1) is 60.7. The van der Waals surface area contributed by atoms with Crippen LogP contribution in [0.2, 0.25) is 0 Å². The molecule has 0 aliphatic carbocycles. The number of carbonyl (C=O) groups is 2. The number of fused-ring (bicyclic) bond motifs is 2. The second-order valence-electron chi connectivity index (χ2n) is 17.0. The van der Waals surface area contributed by atoms with Crippen LogP contribution in [0.4, 0.5) is 37.7 Å². The van der Waals surface area contributed by atoms with Gasteiger partial charge < -0.3 is 19.5 Å². The summed E-state index contributed by atoms with van der Waals surface area (Å²) in [6.07, 6.45) is -0.938. The van der Waals surface area contributed by atoms with Crippen molar-refractivity contribution < 1.29 is 44.8 Å². The maximum atomic E-state index is 12.9. The highest BCUT2D eigenvalue weighted by Crippen LogP contribution is 2.37. The van der Waals surface area contributed by atoms with Crippen LogP contribution in [-0.4, -0.2) is 166 Å². The number of carbonyl (C=O) groups excluding carboxylic acids is 2. The first-order valence-corrected chi connectivity index (χ1v) is 30.1. The number of anilines is 2. The van der Waals surface area contributed by atoms with Gasteiger partial charge in [0, 0.05) is 98.1 Å². The Morgan fingerprint density at radius 3 is 1.24 bits per heavy atom. The average Bonchev–Trinajstić information content (AvgIpc) is 3.98. The highest BCUT2D eigenvalue weighted by Gasteiger charge is 2.32. The molecule has 0 bridgehead atoms. The van der Waals surface area contributed by atoms with Crippen LogP contribution in [0, 0.1) is 13.8 Å². The van der Waals surface area contributed by atoms with Crippen LogP contribution in [0.15, 0.2) is 87.7 Å². The van der Waals surface area contributed by atoms with E-state index in [0.29, 0.717) is 46.2 Å². The van der Waals surface area contributed by atoms with E-state index in [1.165, 1.54) is 59.2 Å². The maximum absolute atomic E-state index is 12.9. The van der Waals surface area contributed by atoms with E-state index in [2.05, 4.69) is 50.2 Å². The Labute approximate surface area is 463 Å². The number of pyridine rings is 2. The first-order chi connectivity index (χ1) is 35.3. The lowest BCUT2D eigenvalue weighted by Gasteiger charge is -2.34. The molecule has 2 fully saturated rings. The van der Waals surface area contributed by atoms with Crippen LogP contribution in [-0.2, 0) is 21.9 Å². The van der Waals surface area contributed by atoms with Gasteiger partial charge in [0.15, 0.2) is 11.2 Å². The van der Waals surface area contributed by atoms with Crippen molar-refractivity contribution >= 4 is 128 Å². The number of rotatable bonds is 18. The highest BCUT2D eigenvalue weighted by atomic mass is 35.5. The van der Waals surface area contributed by atoms with Crippen LogP contribution in [0.3, 0.4) is 0 Å². The molecule has 0 unspecified atom stereocenters. The van der Waals surface area contributed by atoms with Gasteiger partial charge in [0.25, 0.3) is 10.4 Å². The van der Waals surface area contributed by atoms with E-state index in [9.17, 15) is 35.9 Å². The SMILES string of the molecule is CSc1cc(C)nc(SC)c1NC(=O)CN1CCN(CCSc2nc3cc(C(F)(F)F)ccc3o2)CC1.CSc1cc(C)nc(SC)c1NC(=O)CN1CCN(CCSc2nc3cc(C(F)(F)F)ccc3o2)CC1.Cl. The number of hydrogen-bond acceptors (Lipinski definition) is 18. The van der Waals surface area contributed by atoms with E-state index < -0.39 is 23.5 Å². The molecule has 408 valence electrons. The van der Waals surface area contributed by atoms with E-state index >= 15 is 0 Å². The number of hydrogen-bond donors (Lipinski definition) is 2. The van der Waals surface area contributed by atoms with Gasteiger partial charge >= 0.3 is 12.4 Å². The molecular weight excluding hydrogens is 1120 g/mol. The quantitative estimate of drug-likeness (QED) is 0.0620. The van der Waals surface area contributed by atoms with Crippen LogP contribution >= 0.6 is 83.0 Å². The fraction of sp³-hybridized carbons (Fsp3) is 0.458. The first-order valence-electron chi connectivity index (χ1n) is 23.2. The summed E-state index contributed by atoms with van der Waals surface area (Å²) >= 11 is 8.99. The number of nitrogens with zero attached hydrogens (tertiary/aromatic N) is 8. The summed E-state index contributed by atoms with van der Waals surface area (Å²) in [6, 6.07) is 10.6. The third-order valence-corrected chi connectivity index (χ3v) is 16.3. The van der Waals surface area contributed by atoms with E-state index in [1.807, 2.05) is 51.0 Å². The number of oxazole rings is 2. The number of piperazine rings is 2. The van der Waals surface area contributed by atoms with Gasteiger partial charge in [0.2, 0.25) is 11.8 Å². The fourth-order valence-electron chi connectivity index (χ4n) is 8.00. The molecular formula is C48H57ClF6N10O4S6. The molecule has 14 nitrogen and oxygen atoms in total. The summed E-state index contributed by atoms with van der Waals surface area (Å²) in [4.78, 5) is 53.9. The van der Waals surface area contributed by atoms with Crippen LogP contribution in [0.25, 0.3) is 22.2 Å². The summed E-state index contributed by atoms with van der Waals surface area (Å²) in [5, 5.41) is 8.49. The van der Waals surface area contributed by atoms with E-state index in [-0.39, 0.29) is 35.3 Å². The largest absolute Gasteiger partial charge is 0.431 e. The summed E-state index contributed by atoms with van der Waals surface area (Å²) in [5.41, 5.74) is 3.04. The third kappa shape index (κ3) is 17.2. The lowest BCUT2D eigenvalue weighted by Crippen LogP contribution is -2.49. The molecule has 2 aliphatic rings. The molecule has 4 aromatic heterocycles. The molecule has 6 heterocycles. The smallest absolute Gasteiger partial charge is 0.416 e. The Bertz CT molecular complexity index is 2640. The van der Waals surface area contributed by atoms with Crippen molar-refractivity contribution in [2.24, 2.45) is 0 Å². The predicted octanol–water partition coefficient (Wildman–Crippen LogP) is 11.1. The fourth-order valence-corrected chi connectivity index (χ4v) is 12.3. The van der Waals surface area contributed by atoms with Gasteiger partial charge in [-0.05, 0) is 87.4 Å². The average molecular weight is 1180 g/mol. The van der Waals surface area contributed by atoms with Crippen LogP contribution in [0.5, 0.6) is 0 Å². The van der Waals surface area contributed by atoms with Crippen molar-refractivity contribution in [3.8, 4) is 0 Å². The minimum atomic E-state index is -4.41. The molecule has 8 rings (SSSR count). The molecule has 0 saturated carbocycles. The van der Waals surface area contributed by atoms with Crippen molar-refractivity contribution in [3.05, 3.63) is 71.0 Å². The molecule has 2 N–H and O–H groups in total. The summed E-state index contributed by atoms with van der Waals surface area (Å²) in [5.74, 6) is 1.30. The third-order valence-electron chi connectivity index (χ3n) is 11.8. The van der Waals surface area contributed by atoms with Crippen molar-refractivity contribution in [1.82, 2.24) is 39.5 Å². The zero-order chi connectivity index (χ0) is 53.2. The van der Waals surface area contributed by atoms with Gasteiger partial charge in [0.1, 0.15) is 21.1 Å². The number of benzene rings is 2. The van der Waals surface area contributed by atoms with Gasteiger partial charge in [-0.25, -0.2) is 19.9 Å². The van der Waals surface area contributed by atoms with Crippen molar-refractivity contribution in [1.29, 1.82) is 0 Å². The minimum absolute atomic E-state index is 0. The second kappa shape index (κ2) is 27.8. The zero-order valence-electron chi connectivity index (χ0n) is 41.9. The number of amides is 2. The van der Waals surface area contributed by atoms with Crippen molar-refractivity contribution in [3.63, 3.8) is 0 Å². The standard InChI is InChI=1S/2C24H28F3N5O2S3.ClH/c2*1-15-12-19(35-2)21(22(28-15)36-3)30-20(33)14-32-8-6-31(7-9-32)10-11-37-23-29-17-13-16(24(25,26)27)4-5-18(17)34-23;/h2*4-5,12-13H,6-11,14H2,1-3H3,(H,30,33);1H. The van der Waals surface area contributed by atoms with Crippen molar-refractivity contribution in [2.45, 2.75) is 56.5 Å². The molecule has 6 aromatic rings. The Balaban J connectivity index is 0.000000241. The molecule has 2 aliphatic heterocycles. The second-order valence-corrected chi connectivity index (χ2v) is 22.4. The maximum Gasteiger partial charge on any atom is 0.416 e. The van der Waals surface area contributed by atoms with Gasteiger partial charge in [0.05, 0.1) is 35.6 Å². The summed E-state index contributed by atoms with van der Waals surface area (Å²) in [6.45, 7) is 12.5. The van der Waals surface area contributed by atoms with Gasteiger partial charge in [-0.3, -0.25) is 29.2 Å². The molecule has 0 atom stereocenters. The number of thioether (sulfide) groups is 6. The monoisotopic (exact) mass is 1180 g/mol. The Morgan fingerprint density at radius 2 is 0.907 bits per heavy atom. The van der Waals surface area contributed by atoms with Crippen LogP contribution < -0.4 is 10.6 Å². The number of nitrogens with one attached hydrogen (secondary N) is 2. The lowest BCUT2D eigenvalue weighted by molar-refractivity contribution is -0.138. The number of halogens is 7. The summed E-state index contributed by atoms with van der Waals surface area (Å²) in [7, 11) is 0. The molecule has 27 heteroatoms. The van der Waals surface area contributed by atoms with Gasteiger partial charge in [-0.1, -0.05) is 23.5 Å². The molecule has 75 heavy (non-hydrogen) atoms. The normalized spacial score (nSPS) is 15.2.